The molecule has 0 atom stereocenters. The maximum atomic E-state index is 11.9. The predicted octanol–water partition coefficient (Wildman–Crippen LogP) is 1.38. The van der Waals surface area contributed by atoms with E-state index in [0.717, 1.165) is 18.4 Å². The Morgan fingerprint density at radius 3 is 2.33 bits per heavy atom. The average molecular weight is 281 g/mol. The van der Waals surface area contributed by atoms with Gasteiger partial charge in [-0.1, -0.05) is 12.1 Å². The van der Waals surface area contributed by atoms with E-state index in [2.05, 4.69) is 0 Å². The smallest absolute Gasteiger partial charge is 0.343 e. The first-order chi connectivity index (χ1) is 8.11. The van der Waals surface area contributed by atoms with E-state index < -0.39 is 28.5 Å². The van der Waals surface area contributed by atoms with Gasteiger partial charge in [-0.3, -0.25) is 4.79 Å². The van der Waals surface area contributed by atoms with Gasteiger partial charge in [0.25, 0.3) is 5.91 Å². The van der Waals surface area contributed by atoms with Crippen molar-refractivity contribution in [3.63, 3.8) is 0 Å². The van der Waals surface area contributed by atoms with E-state index in [9.17, 15) is 26.4 Å². The highest BCUT2D eigenvalue weighted by atomic mass is 32.2. The molecule has 8 heteroatoms. The lowest BCUT2D eigenvalue weighted by Gasteiger charge is -2.10. The van der Waals surface area contributed by atoms with Gasteiger partial charge >= 0.3 is 6.18 Å². The molecule has 0 saturated heterocycles. The summed E-state index contributed by atoms with van der Waals surface area (Å²) in [6.45, 7) is -1.51. The summed E-state index contributed by atoms with van der Waals surface area (Å²) in [7, 11) is -3.67. The predicted molar refractivity (Wildman–Crippen MR) is 57.9 cm³/mol. The molecule has 0 heterocycles. The number of alkyl halides is 3. The summed E-state index contributed by atoms with van der Waals surface area (Å²) in [6, 6.07) is 5.08. The van der Waals surface area contributed by atoms with E-state index in [0.29, 0.717) is 0 Å². The quantitative estimate of drug-likeness (QED) is 0.910. The lowest BCUT2D eigenvalue weighted by atomic mass is 10.2. The van der Waals surface area contributed by atoms with Crippen LogP contribution in [0, 0.1) is 0 Å². The third-order valence-electron chi connectivity index (χ3n) is 1.98. The van der Waals surface area contributed by atoms with Crippen molar-refractivity contribution in [2.45, 2.75) is 11.1 Å². The summed E-state index contributed by atoms with van der Waals surface area (Å²) >= 11 is 0. The fourth-order valence-corrected chi connectivity index (χ4v) is 2.14. The number of benzene rings is 1. The van der Waals surface area contributed by atoms with Crippen molar-refractivity contribution in [2.24, 2.45) is 0 Å². The minimum atomic E-state index is -4.55. The molecule has 0 aromatic heterocycles. The number of hydrogen-bond acceptors (Lipinski definition) is 3. The molecule has 100 valence electrons. The molecule has 0 spiro atoms. The average Bonchev–Trinajstić information content (AvgIpc) is 2.24. The Balaban J connectivity index is 3.01. The third-order valence-corrected chi connectivity index (χ3v) is 3.14. The van der Waals surface area contributed by atoms with Crippen LogP contribution in [0.25, 0.3) is 0 Å². The normalized spacial score (nSPS) is 12.2. The monoisotopic (exact) mass is 281 g/mol. The van der Waals surface area contributed by atoms with Crippen LogP contribution in [0.1, 0.15) is 10.4 Å². The molecule has 1 N–H and O–H groups in total. The van der Waals surface area contributed by atoms with Gasteiger partial charge in [-0.05, 0) is 12.1 Å². The molecular formula is C10H10F3NO3S. The largest absolute Gasteiger partial charge is 0.405 e. The number of amides is 1. The van der Waals surface area contributed by atoms with Gasteiger partial charge in [-0.15, -0.1) is 0 Å². The molecule has 4 nitrogen and oxygen atoms in total. The van der Waals surface area contributed by atoms with Crippen LogP contribution in [0.5, 0.6) is 0 Å². The zero-order valence-electron chi connectivity index (χ0n) is 9.28. The lowest BCUT2D eigenvalue weighted by molar-refractivity contribution is -0.123. The minimum absolute atomic E-state index is 0.301. The first kappa shape index (κ1) is 14.5. The van der Waals surface area contributed by atoms with Crippen LogP contribution in [0.15, 0.2) is 29.2 Å². The van der Waals surface area contributed by atoms with Gasteiger partial charge in [0, 0.05) is 6.26 Å². The molecule has 0 aliphatic heterocycles. The van der Waals surface area contributed by atoms with Crippen LogP contribution in [0.3, 0.4) is 0 Å². The van der Waals surface area contributed by atoms with Crippen molar-refractivity contribution in [1.29, 1.82) is 0 Å². The molecule has 1 aromatic carbocycles. The van der Waals surface area contributed by atoms with Gasteiger partial charge in [0.2, 0.25) is 0 Å². The molecule has 1 amide bonds. The van der Waals surface area contributed by atoms with Crippen molar-refractivity contribution in [3.8, 4) is 0 Å². The van der Waals surface area contributed by atoms with Gasteiger partial charge in [0.1, 0.15) is 6.54 Å². The van der Waals surface area contributed by atoms with Gasteiger partial charge in [-0.2, -0.15) is 13.2 Å². The van der Waals surface area contributed by atoms with E-state index >= 15 is 0 Å². The molecule has 1 rings (SSSR count). The van der Waals surface area contributed by atoms with Crippen LogP contribution in [-0.4, -0.2) is 33.3 Å². The molecule has 0 radical (unpaired) electrons. The molecule has 0 saturated carbocycles. The number of halogens is 3. The van der Waals surface area contributed by atoms with Crippen LogP contribution in [0.2, 0.25) is 0 Å². The standard InChI is InChI=1S/C10H10F3NO3S/c1-18(16,17)8-5-3-2-4-7(8)9(15)14-6-10(11,12)13/h2-5H,6H2,1H3,(H,14,15). The Kier molecular flexibility index (Phi) is 4.00. The van der Waals surface area contributed by atoms with Gasteiger partial charge < -0.3 is 5.32 Å². The zero-order valence-corrected chi connectivity index (χ0v) is 10.1. The van der Waals surface area contributed by atoms with Crippen LogP contribution >= 0.6 is 0 Å². The number of nitrogens with one attached hydrogen (secondary N) is 1. The summed E-state index contributed by atoms with van der Waals surface area (Å²) in [5.41, 5.74) is -0.302. The maximum Gasteiger partial charge on any atom is 0.405 e. The highest BCUT2D eigenvalue weighted by Crippen LogP contribution is 2.16. The van der Waals surface area contributed by atoms with Crippen LogP contribution in [0.4, 0.5) is 13.2 Å². The summed E-state index contributed by atoms with van der Waals surface area (Å²) < 4.78 is 58.5. The number of carbonyl (C=O) groups is 1. The van der Waals surface area contributed by atoms with E-state index in [1.54, 1.807) is 5.32 Å². The molecule has 0 unspecified atom stereocenters. The highest BCUT2D eigenvalue weighted by molar-refractivity contribution is 7.90. The van der Waals surface area contributed by atoms with Crippen molar-refractivity contribution >= 4 is 15.7 Å². The first-order valence-corrected chi connectivity index (χ1v) is 6.64. The number of rotatable bonds is 3. The van der Waals surface area contributed by atoms with Gasteiger partial charge in [0.05, 0.1) is 10.5 Å². The molecule has 0 fully saturated rings. The second kappa shape index (κ2) is 4.97. The Labute approximate surface area is 102 Å². The number of sulfone groups is 1. The van der Waals surface area contributed by atoms with Crippen LogP contribution in [-0.2, 0) is 9.84 Å². The van der Waals surface area contributed by atoms with Crippen molar-refractivity contribution < 1.29 is 26.4 Å². The van der Waals surface area contributed by atoms with Crippen molar-refractivity contribution in [3.05, 3.63) is 29.8 Å². The second-order valence-electron chi connectivity index (χ2n) is 3.57. The van der Waals surface area contributed by atoms with E-state index in [1.165, 1.54) is 12.1 Å². The molecule has 0 aliphatic rings. The minimum Gasteiger partial charge on any atom is -0.343 e. The number of carbonyl (C=O) groups excluding carboxylic acids is 1. The SMILES string of the molecule is CS(=O)(=O)c1ccccc1C(=O)NCC(F)(F)F. The van der Waals surface area contributed by atoms with E-state index in [1.807, 2.05) is 0 Å². The molecular weight excluding hydrogens is 271 g/mol. The summed E-state index contributed by atoms with van der Waals surface area (Å²) in [6.07, 6.45) is -3.67. The molecule has 18 heavy (non-hydrogen) atoms. The van der Waals surface area contributed by atoms with Crippen molar-refractivity contribution in [2.75, 3.05) is 12.8 Å². The van der Waals surface area contributed by atoms with Gasteiger partial charge in [0.15, 0.2) is 9.84 Å². The van der Waals surface area contributed by atoms with Gasteiger partial charge in [-0.25, -0.2) is 8.42 Å². The summed E-state index contributed by atoms with van der Waals surface area (Å²) in [5.74, 6) is -1.08. The third kappa shape index (κ3) is 4.02. The molecule has 0 aliphatic carbocycles. The second-order valence-corrected chi connectivity index (χ2v) is 5.55. The summed E-state index contributed by atoms with van der Waals surface area (Å²) in [5, 5.41) is 1.62. The topological polar surface area (TPSA) is 63.2 Å². The van der Waals surface area contributed by atoms with E-state index in [-0.39, 0.29) is 10.5 Å². The Morgan fingerprint density at radius 1 is 1.28 bits per heavy atom. The van der Waals surface area contributed by atoms with E-state index in [4.69, 9.17) is 0 Å². The highest BCUT2D eigenvalue weighted by Gasteiger charge is 2.28. The first-order valence-electron chi connectivity index (χ1n) is 4.75. The Bertz CT molecular complexity index is 552. The Morgan fingerprint density at radius 2 is 1.83 bits per heavy atom. The fraction of sp³-hybridized carbons (Fsp3) is 0.300. The Hall–Kier alpha value is -1.57. The van der Waals surface area contributed by atoms with Crippen LogP contribution < -0.4 is 5.32 Å². The number of hydrogen-bond donors (Lipinski definition) is 1. The zero-order chi connectivity index (χ0) is 14.0. The molecule has 0 bridgehead atoms. The van der Waals surface area contributed by atoms with Crippen molar-refractivity contribution in [1.82, 2.24) is 5.32 Å². The fourth-order valence-electron chi connectivity index (χ4n) is 1.25. The maximum absolute atomic E-state index is 11.9. The molecule has 1 aromatic rings. The summed E-state index contributed by atoms with van der Waals surface area (Å²) in [4.78, 5) is 11.2. The lowest BCUT2D eigenvalue weighted by Crippen LogP contribution is -2.34.